The molecule has 0 bridgehead atoms. The maximum absolute atomic E-state index is 12.4. The Morgan fingerprint density at radius 1 is 1.27 bits per heavy atom. The molecule has 1 atom stereocenters. The van der Waals surface area contributed by atoms with Gasteiger partial charge in [-0.3, -0.25) is 14.6 Å². The quantitative estimate of drug-likeness (QED) is 0.686. The van der Waals surface area contributed by atoms with Gasteiger partial charge in [0.2, 0.25) is 5.95 Å². The molecule has 1 aromatic heterocycles. The largest absolute Gasteiger partial charge is 0.446 e. The van der Waals surface area contributed by atoms with Crippen LogP contribution in [0.5, 0.6) is 0 Å². The molecule has 1 amide bonds. The van der Waals surface area contributed by atoms with Crippen LogP contribution in [0, 0.1) is 5.92 Å². The molecule has 1 heterocycles. The van der Waals surface area contributed by atoms with Gasteiger partial charge in [0.15, 0.2) is 0 Å². The first-order valence-electron chi connectivity index (χ1n) is 7.58. The highest BCUT2D eigenvalue weighted by atomic mass is 32.2. The van der Waals surface area contributed by atoms with E-state index >= 15 is 0 Å². The lowest BCUT2D eigenvalue weighted by molar-refractivity contribution is -0.0328. The molecule has 0 spiro atoms. The number of halogens is 3. The van der Waals surface area contributed by atoms with Gasteiger partial charge in [0, 0.05) is 11.0 Å². The number of nitrogens with one attached hydrogen (secondary N) is 2. The minimum atomic E-state index is -4.36. The normalized spacial score (nSPS) is 12.8. The molecule has 0 saturated carbocycles. The fourth-order valence-electron chi connectivity index (χ4n) is 2.32. The highest BCUT2D eigenvalue weighted by Crippen LogP contribution is 2.37. The number of alkyl halides is 3. The van der Waals surface area contributed by atoms with Crippen molar-refractivity contribution >= 4 is 23.6 Å². The fraction of sp³-hybridized carbons (Fsp3) is 0.312. The molecule has 4 N–H and O–H groups in total. The molecule has 1 unspecified atom stereocenters. The van der Waals surface area contributed by atoms with E-state index in [-0.39, 0.29) is 34.2 Å². The van der Waals surface area contributed by atoms with Crippen molar-refractivity contribution < 1.29 is 18.0 Å². The average molecular weight is 386 g/mol. The van der Waals surface area contributed by atoms with E-state index in [1.807, 2.05) is 13.8 Å². The third-order valence-corrected chi connectivity index (χ3v) is 4.16. The first-order chi connectivity index (χ1) is 12.0. The van der Waals surface area contributed by atoms with Crippen molar-refractivity contribution in [3.63, 3.8) is 0 Å². The number of rotatable bonds is 5. The highest BCUT2D eigenvalue weighted by molar-refractivity contribution is 8.00. The zero-order chi connectivity index (χ0) is 19.5. The minimum Gasteiger partial charge on any atom is -0.369 e. The molecular formula is C16H17F3N4O2S. The predicted molar refractivity (Wildman–Crippen MR) is 92.7 cm³/mol. The number of amides is 1. The van der Waals surface area contributed by atoms with Gasteiger partial charge < -0.3 is 11.1 Å². The molecule has 0 aliphatic carbocycles. The van der Waals surface area contributed by atoms with Gasteiger partial charge in [0.1, 0.15) is 5.69 Å². The summed E-state index contributed by atoms with van der Waals surface area (Å²) in [7, 11) is 0. The van der Waals surface area contributed by atoms with Crippen molar-refractivity contribution in [3.8, 4) is 0 Å². The van der Waals surface area contributed by atoms with Crippen LogP contribution >= 0.6 is 11.8 Å². The number of aromatic amines is 1. The Hall–Kier alpha value is -2.49. The molecule has 2 rings (SSSR count). The Morgan fingerprint density at radius 3 is 2.38 bits per heavy atom. The number of nitrogens with two attached hydrogens (primary N) is 1. The summed E-state index contributed by atoms with van der Waals surface area (Å²) in [4.78, 5) is 29.8. The lowest BCUT2D eigenvalue weighted by Crippen LogP contribution is -2.33. The molecule has 10 heteroatoms. The molecule has 0 aliphatic rings. The van der Waals surface area contributed by atoms with Crippen molar-refractivity contribution in [2.24, 2.45) is 5.92 Å². The molecule has 0 saturated heterocycles. The van der Waals surface area contributed by atoms with E-state index in [2.05, 4.69) is 15.3 Å². The van der Waals surface area contributed by atoms with Gasteiger partial charge in [-0.15, -0.1) is 0 Å². The molecule has 2 aromatic rings. The number of nitrogen functional groups attached to an aromatic ring is 1. The Balaban J connectivity index is 2.20. The molecule has 0 fully saturated rings. The smallest absolute Gasteiger partial charge is 0.369 e. The first kappa shape index (κ1) is 19.8. The second-order valence-electron chi connectivity index (χ2n) is 5.83. The van der Waals surface area contributed by atoms with Crippen molar-refractivity contribution in [2.75, 3.05) is 5.73 Å². The summed E-state index contributed by atoms with van der Waals surface area (Å²) in [6, 6.07) is 6.29. The van der Waals surface area contributed by atoms with Gasteiger partial charge >= 0.3 is 5.51 Å². The molecule has 26 heavy (non-hydrogen) atoms. The molecule has 0 radical (unpaired) electrons. The van der Waals surface area contributed by atoms with Crippen LogP contribution in [0.3, 0.4) is 0 Å². The van der Waals surface area contributed by atoms with Crippen LogP contribution in [-0.2, 0) is 0 Å². The summed E-state index contributed by atoms with van der Waals surface area (Å²) in [6.45, 7) is 3.70. The van der Waals surface area contributed by atoms with E-state index < -0.39 is 23.0 Å². The summed E-state index contributed by atoms with van der Waals surface area (Å²) >= 11 is -0.206. The van der Waals surface area contributed by atoms with E-state index in [4.69, 9.17) is 5.73 Å². The number of aromatic nitrogens is 2. The Bertz CT molecular complexity index is 835. The molecular weight excluding hydrogens is 369 g/mol. The molecule has 0 aliphatic heterocycles. The van der Waals surface area contributed by atoms with E-state index in [1.54, 1.807) is 0 Å². The highest BCUT2D eigenvalue weighted by Gasteiger charge is 2.29. The predicted octanol–water partition coefficient (Wildman–Crippen LogP) is 3.09. The van der Waals surface area contributed by atoms with Crippen LogP contribution in [0.4, 0.5) is 19.1 Å². The lowest BCUT2D eigenvalue weighted by Gasteiger charge is -2.23. The van der Waals surface area contributed by atoms with Crippen molar-refractivity contribution in [2.45, 2.75) is 30.3 Å². The average Bonchev–Trinajstić information content (AvgIpc) is 2.50. The number of anilines is 1. The zero-order valence-corrected chi connectivity index (χ0v) is 14.7. The van der Waals surface area contributed by atoms with Gasteiger partial charge in [-0.1, -0.05) is 26.0 Å². The summed E-state index contributed by atoms with van der Waals surface area (Å²) < 4.78 is 37.2. The van der Waals surface area contributed by atoms with Crippen LogP contribution in [0.15, 0.2) is 40.0 Å². The van der Waals surface area contributed by atoms with Crippen LogP contribution < -0.4 is 16.6 Å². The Morgan fingerprint density at radius 2 is 1.88 bits per heavy atom. The number of hydrogen-bond donors (Lipinski definition) is 3. The van der Waals surface area contributed by atoms with Crippen LogP contribution in [-0.4, -0.2) is 21.4 Å². The SMILES string of the molecule is CC(C)C(NC(=O)c1cc(=O)[nH]c(N)n1)c1ccc(SC(F)(F)F)cc1. The number of carbonyl (C=O) groups excluding carboxylic acids is 1. The maximum atomic E-state index is 12.4. The lowest BCUT2D eigenvalue weighted by atomic mass is 9.96. The fourth-order valence-corrected chi connectivity index (χ4v) is 2.86. The third kappa shape index (κ3) is 5.51. The Labute approximate surface area is 151 Å². The number of thioether (sulfide) groups is 1. The van der Waals surface area contributed by atoms with Crippen LogP contribution in [0.2, 0.25) is 0 Å². The zero-order valence-electron chi connectivity index (χ0n) is 13.9. The third-order valence-electron chi connectivity index (χ3n) is 3.42. The molecule has 6 nitrogen and oxygen atoms in total. The monoisotopic (exact) mass is 386 g/mol. The standard InChI is InChI=1S/C16H17F3N4O2S/c1-8(2)13(9-3-5-10(6-4-9)26-16(17,18)19)23-14(25)11-7-12(24)22-15(20)21-11/h3-8,13H,1-2H3,(H,23,25)(H3,20,21,22,24). The first-order valence-corrected chi connectivity index (χ1v) is 8.40. The minimum absolute atomic E-state index is 0.0547. The topological polar surface area (TPSA) is 101 Å². The van der Waals surface area contributed by atoms with Gasteiger partial charge in [-0.2, -0.15) is 13.2 Å². The van der Waals surface area contributed by atoms with Crippen LogP contribution in [0.25, 0.3) is 0 Å². The van der Waals surface area contributed by atoms with E-state index in [0.717, 1.165) is 6.07 Å². The summed E-state index contributed by atoms with van der Waals surface area (Å²) in [5, 5.41) is 2.73. The van der Waals surface area contributed by atoms with Crippen molar-refractivity contribution in [1.82, 2.24) is 15.3 Å². The summed E-state index contributed by atoms with van der Waals surface area (Å²) in [6.07, 6.45) is 0. The van der Waals surface area contributed by atoms with E-state index in [0.29, 0.717) is 5.56 Å². The van der Waals surface area contributed by atoms with E-state index in [9.17, 15) is 22.8 Å². The van der Waals surface area contributed by atoms with Gasteiger partial charge in [0.05, 0.1) is 6.04 Å². The second kappa shape index (κ2) is 7.81. The second-order valence-corrected chi connectivity index (χ2v) is 6.97. The number of hydrogen-bond acceptors (Lipinski definition) is 5. The van der Waals surface area contributed by atoms with Crippen LogP contribution in [0.1, 0.15) is 35.9 Å². The van der Waals surface area contributed by atoms with Gasteiger partial charge in [-0.05, 0) is 35.4 Å². The number of nitrogens with zero attached hydrogens (tertiary/aromatic N) is 1. The number of carbonyl (C=O) groups is 1. The number of H-pyrrole nitrogens is 1. The van der Waals surface area contributed by atoms with Gasteiger partial charge in [0.25, 0.3) is 11.5 Å². The summed E-state index contributed by atoms with van der Waals surface area (Å²) in [5.74, 6) is -0.841. The van der Waals surface area contributed by atoms with Gasteiger partial charge in [-0.25, -0.2) is 4.98 Å². The molecule has 140 valence electrons. The Kier molecular flexibility index (Phi) is 5.96. The van der Waals surface area contributed by atoms with Crippen molar-refractivity contribution in [1.29, 1.82) is 0 Å². The summed E-state index contributed by atoms with van der Waals surface area (Å²) in [5.41, 5.74) is 1.00. The maximum Gasteiger partial charge on any atom is 0.446 e. The van der Waals surface area contributed by atoms with Crippen molar-refractivity contribution in [3.05, 3.63) is 51.9 Å². The van der Waals surface area contributed by atoms with E-state index in [1.165, 1.54) is 24.3 Å². The molecule has 1 aromatic carbocycles. The number of benzene rings is 1.